The van der Waals surface area contributed by atoms with E-state index in [9.17, 15) is 19.3 Å². The fourth-order valence-electron chi connectivity index (χ4n) is 8.58. The molecule has 392 valence electrons. The summed E-state index contributed by atoms with van der Waals surface area (Å²) in [6.45, 7) is 8.42. The molecule has 4 N–H and O–H groups in total. The molecule has 6 aromatic rings. The van der Waals surface area contributed by atoms with Gasteiger partial charge < -0.3 is 62.7 Å². The maximum atomic E-state index is 12.5. The smallest absolute Gasteiger partial charge is 0.350 e. The van der Waals surface area contributed by atoms with Crippen LogP contribution in [-0.2, 0) is 55.2 Å². The third kappa shape index (κ3) is 13.0. The van der Waals surface area contributed by atoms with Crippen LogP contribution >= 0.6 is 38.2 Å². The zero-order chi connectivity index (χ0) is 50.8. The third-order valence-corrected chi connectivity index (χ3v) is 13.9. The molecule has 4 aromatic heterocycles. The monoisotopic (exact) mass is 1080 g/mol. The molecule has 3 aliphatic heterocycles. The van der Waals surface area contributed by atoms with Gasteiger partial charge in [-0.25, -0.2) is 9.36 Å². The van der Waals surface area contributed by atoms with Crippen molar-refractivity contribution in [3.63, 3.8) is 0 Å². The molecule has 9 atom stereocenters. The van der Waals surface area contributed by atoms with Crippen molar-refractivity contribution in [2.75, 3.05) is 63.1 Å². The molecule has 0 radical (unpaired) electrons. The van der Waals surface area contributed by atoms with Gasteiger partial charge in [-0.05, 0) is 55.1 Å². The zero-order valence-corrected chi connectivity index (χ0v) is 42.9. The molecule has 0 amide bonds. The van der Waals surface area contributed by atoms with E-state index in [2.05, 4.69) is 42.3 Å². The normalized spacial score (nSPS) is 24.4. The average Bonchev–Trinajstić information content (AvgIpc) is 4.12. The Balaban J connectivity index is 0.000000210. The Kier molecular flexibility index (Phi) is 17.8. The van der Waals surface area contributed by atoms with Gasteiger partial charge in [-0.1, -0.05) is 68.1 Å². The van der Waals surface area contributed by atoms with Crippen LogP contribution in [0.2, 0.25) is 10.6 Å². The predicted molar refractivity (Wildman–Crippen MR) is 267 cm³/mol. The molecule has 9 rings (SSSR count). The minimum Gasteiger partial charge on any atom is -0.387 e. The van der Waals surface area contributed by atoms with Crippen molar-refractivity contribution < 1.29 is 62.1 Å². The molecule has 3 fully saturated rings. The van der Waals surface area contributed by atoms with Crippen LogP contribution < -0.4 is 9.80 Å². The number of benzene rings is 2. The molecule has 3 saturated heterocycles. The topological polar surface area (TPSA) is 273 Å². The number of rotatable bonds is 18. The van der Waals surface area contributed by atoms with Crippen molar-refractivity contribution in [3.05, 3.63) is 94.8 Å². The van der Waals surface area contributed by atoms with E-state index in [1.807, 2.05) is 86.3 Å². The van der Waals surface area contributed by atoms with Crippen molar-refractivity contribution in [1.29, 1.82) is 0 Å². The van der Waals surface area contributed by atoms with Crippen LogP contribution in [0.15, 0.2) is 73.1 Å². The Morgan fingerprint density at radius 3 is 1.69 bits per heavy atom. The standard InChI is InChI=1S/C25H33ClN5O6P.C19H23ClN5O7P.CH4/c1-6-34-38(5,32)15-33-14-18-19-20(37-25(2,3)36-19)23(35-18)31-22-17(12-27-31)21(28-24(26)29-22)30(4)13-16-10-8-7-9-11-16;1-24(8-11-5-3-2-4-6-11)16-12-7-21-25(17(12)23-19(20)22-16)18-15(27)14(26)13(32-18)9-31-10-33(28,29)30;/h7-12,18-20,23H,6,13-15H2,1-5H3;2-7,13-15,18,26-27H,8-10H2,1H3,(H2,28,29,30);1H4/t18-,19-,20-,23-,38?;13-,14-,15-,18-;/m11./s1. The van der Waals surface area contributed by atoms with E-state index in [1.54, 1.807) is 24.5 Å². The summed E-state index contributed by atoms with van der Waals surface area (Å²) in [5, 5.41) is 31.1. The summed E-state index contributed by atoms with van der Waals surface area (Å²) >= 11 is 12.6. The average molecular weight is 1080 g/mol. The first-order valence-electron chi connectivity index (χ1n) is 22.5. The summed E-state index contributed by atoms with van der Waals surface area (Å²) < 4.78 is 66.8. The quantitative estimate of drug-likeness (QED) is 0.0569. The van der Waals surface area contributed by atoms with Gasteiger partial charge in [-0.15, -0.1) is 0 Å². The van der Waals surface area contributed by atoms with Gasteiger partial charge in [0.05, 0.1) is 43.0 Å². The number of hydrogen-bond donors (Lipinski definition) is 4. The Hall–Kier alpha value is -4.26. The van der Waals surface area contributed by atoms with Crippen LogP contribution in [-0.4, -0.2) is 155 Å². The lowest BCUT2D eigenvalue weighted by Crippen LogP contribution is -2.34. The van der Waals surface area contributed by atoms with Gasteiger partial charge in [0.2, 0.25) is 17.9 Å². The highest BCUT2D eigenvalue weighted by Gasteiger charge is 2.56. The van der Waals surface area contributed by atoms with Crippen LogP contribution in [0.25, 0.3) is 22.1 Å². The largest absolute Gasteiger partial charge is 0.387 e. The molecular formula is C45H60Cl2N10O13P2. The van der Waals surface area contributed by atoms with Gasteiger partial charge in [0.15, 0.2) is 29.5 Å². The Bertz CT molecular complexity index is 2870. The molecule has 0 spiro atoms. The Morgan fingerprint density at radius 2 is 1.18 bits per heavy atom. The molecule has 0 saturated carbocycles. The van der Waals surface area contributed by atoms with Crippen LogP contribution in [0.1, 0.15) is 51.8 Å². The second-order valence-corrected chi connectivity index (χ2v) is 22.5. The van der Waals surface area contributed by atoms with Crippen LogP contribution in [0.4, 0.5) is 11.6 Å². The van der Waals surface area contributed by atoms with Crippen molar-refractivity contribution in [2.45, 2.75) is 96.2 Å². The lowest BCUT2D eigenvalue weighted by atomic mass is 10.1. The highest BCUT2D eigenvalue weighted by Crippen LogP contribution is 2.46. The molecule has 2 aromatic carbocycles. The number of nitrogens with zero attached hydrogens (tertiary/aromatic N) is 10. The summed E-state index contributed by atoms with van der Waals surface area (Å²) in [7, 11) is -3.43. The summed E-state index contributed by atoms with van der Waals surface area (Å²) in [6.07, 6.45) is -4.56. The fourth-order valence-corrected chi connectivity index (χ4v) is 10.3. The minimum atomic E-state index is -4.38. The molecule has 3 aliphatic rings. The van der Waals surface area contributed by atoms with E-state index >= 15 is 0 Å². The second kappa shape index (κ2) is 23.1. The van der Waals surface area contributed by atoms with E-state index in [-0.39, 0.29) is 43.2 Å². The van der Waals surface area contributed by atoms with E-state index in [0.29, 0.717) is 42.4 Å². The summed E-state index contributed by atoms with van der Waals surface area (Å²) in [4.78, 5) is 39.2. The third-order valence-electron chi connectivity index (χ3n) is 11.6. The number of hydrogen-bond acceptors (Lipinski definition) is 19. The Labute approximate surface area is 425 Å². The summed E-state index contributed by atoms with van der Waals surface area (Å²) in [5.41, 5.74) is 3.01. The van der Waals surface area contributed by atoms with Crippen LogP contribution in [0.3, 0.4) is 0 Å². The molecule has 23 nitrogen and oxygen atoms in total. The number of aromatic nitrogens is 8. The van der Waals surface area contributed by atoms with Crippen molar-refractivity contribution >= 4 is 71.9 Å². The number of fused-ring (bicyclic) bond motifs is 3. The van der Waals surface area contributed by atoms with Gasteiger partial charge in [0, 0.05) is 33.8 Å². The highest BCUT2D eigenvalue weighted by molar-refractivity contribution is 7.57. The molecule has 0 aliphatic carbocycles. The van der Waals surface area contributed by atoms with Gasteiger partial charge in [0.1, 0.15) is 61.0 Å². The molecule has 72 heavy (non-hydrogen) atoms. The predicted octanol–water partition coefficient (Wildman–Crippen LogP) is 5.98. The number of anilines is 2. The highest BCUT2D eigenvalue weighted by atomic mass is 35.5. The van der Waals surface area contributed by atoms with Gasteiger partial charge in [0.25, 0.3) is 0 Å². The maximum Gasteiger partial charge on any atom is 0.350 e. The minimum absolute atomic E-state index is 0. The van der Waals surface area contributed by atoms with Crippen LogP contribution in [0, 0.1) is 0 Å². The number of ether oxygens (including phenoxy) is 6. The van der Waals surface area contributed by atoms with Crippen molar-refractivity contribution in [1.82, 2.24) is 39.5 Å². The van der Waals surface area contributed by atoms with Crippen molar-refractivity contribution in [3.8, 4) is 0 Å². The summed E-state index contributed by atoms with van der Waals surface area (Å²) in [6, 6.07) is 19.9. The fraction of sp³-hybridized carbons (Fsp3) is 0.511. The van der Waals surface area contributed by atoms with E-state index in [1.165, 1.54) is 10.9 Å². The van der Waals surface area contributed by atoms with Crippen molar-refractivity contribution in [2.24, 2.45) is 0 Å². The molecule has 1 unspecified atom stereocenters. The first kappa shape index (κ1) is 55.5. The number of aliphatic hydroxyl groups is 2. The lowest BCUT2D eigenvalue weighted by Gasteiger charge is -2.25. The number of aliphatic hydroxyl groups excluding tert-OH is 2. The molecule has 0 bridgehead atoms. The first-order chi connectivity index (χ1) is 33.7. The van der Waals surface area contributed by atoms with Gasteiger partial charge in [-0.2, -0.15) is 30.1 Å². The second-order valence-electron chi connectivity index (χ2n) is 17.7. The Morgan fingerprint density at radius 1 is 0.708 bits per heavy atom. The van der Waals surface area contributed by atoms with E-state index in [0.717, 1.165) is 16.5 Å². The van der Waals surface area contributed by atoms with Gasteiger partial charge in [-0.3, -0.25) is 9.13 Å². The zero-order valence-electron chi connectivity index (χ0n) is 39.6. The molecule has 7 heterocycles. The van der Waals surface area contributed by atoms with E-state index < -0.39 is 76.2 Å². The maximum absolute atomic E-state index is 12.5. The first-order valence-corrected chi connectivity index (χ1v) is 27.3. The van der Waals surface area contributed by atoms with Crippen LogP contribution in [0.5, 0.6) is 0 Å². The van der Waals surface area contributed by atoms with E-state index in [4.69, 9.17) is 65.9 Å². The molecular weight excluding hydrogens is 1020 g/mol. The lowest BCUT2D eigenvalue weighted by molar-refractivity contribution is -0.202. The van der Waals surface area contributed by atoms with Gasteiger partial charge >= 0.3 is 7.60 Å². The molecule has 27 heteroatoms. The summed E-state index contributed by atoms with van der Waals surface area (Å²) in [5.74, 6) is 0.357. The SMILES string of the molecule is C.CCOP(C)(=O)COC[C@H]1O[C@@H](n2ncc3c(N(C)Cc4ccccc4)nc(Cl)nc32)[C@@H]2OC(C)(C)O[C@@H]21.CN(Cc1ccccc1)c1nc(Cl)nc2c1cnn2[C@@H]1O[C@H](COCP(=O)(O)O)[C@@H](O)[C@H]1O. The number of halogens is 2.